The van der Waals surface area contributed by atoms with Crippen molar-refractivity contribution in [3.05, 3.63) is 23.9 Å². The Morgan fingerprint density at radius 2 is 2.26 bits per heavy atom. The molecule has 0 aliphatic rings. The van der Waals surface area contributed by atoms with Gasteiger partial charge in [0.05, 0.1) is 6.61 Å². The Bertz CT molecular complexity index is 525. The molecule has 0 radical (unpaired) electrons. The predicted molar refractivity (Wildman–Crippen MR) is 75.6 cm³/mol. The number of hydrogen-bond donors (Lipinski definition) is 1. The molecule has 0 bridgehead atoms. The fraction of sp³-hybridized carbons (Fsp3) is 0.538. The number of rotatable bonds is 7. The van der Waals surface area contributed by atoms with E-state index >= 15 is 0 Å². The fourth-order valence-electron chi connectivity index (χ4n) is 1.83. The van der Waals surface area contributed by atoms with Crippen molar-refractivity contribution in [1.29, 1.82) is 0 Å². The van der Waals surface area contributed by atoms with Crippen LogP contribution in [0.25, 0.3) is 5.65 Å². The number of aryl methyl sites for hydroxylation is 1. The molecule has 2 aromatic heterocycles. The quantitative estimate of drug-likeness (QED) is 0.808. The second-order valence-corrected chi connectivity index (χ2v) is 4.62. The van der Waals surface area contributed by atoms with E-state index in [0.717, 1.165) is 37.5 Å². The molecule has 2 rings (SSSR count). The monoisotopic (exact) mass is 263 g/mol. The van der Waals surface area contributed by atoms with Gasteiger partial charge in [-0.25, -0.2) is 4.52 Å². The Balaban J connectivity index is 1.86. The number of methoxy groups -OCH3 is 1. The number of fused-ring (bicyclic) bond motifs is 1. The van der Waals surface area contributed by atoms with Gasteiger partial charge in [0.15, 0.2) is 5.65 Å². The minimum atomic E-state index is 0.675. The van der Waals surface area contributed by atoms with Crippen molar-refractivity contribution in [3.63, 3.8) is 0 Å². The van der Waals surface area contributed by atoms with Crippen molar-refractivity contribution < 1.29 is 4.74 Å². The number of anilines is 1. The van der Waals surface area contributed by atoms with E-state index in [0.29, 0.717) is 5.95 Å². The minimum Gasteiger partial charge on any atom is -0.383 e. The lowest BCUT2D eigenvalue weighted by Gasteiger charge is -2.15. The van der Waals surface area contributed by atoms with E-state index < -0.39 is 0 Å². The van der Waals surface area contributed by atoms with Gasteiger partial charge < -0.3 is 15.0 Å². The highest BCUT2D eigenvalue weighted by Gasteiger charge is 2.05. The second kappa shape index (κ2) is 6.49. The standard InChI is InChI=1S/C13H21N5O/c1-11-5-4-7-18-12(11)15-13(16-18)14-6-8-17(2)9-10-19-3/h4-5,7H,6,8-10H2,1-3H3,(H,14,16). The normalized spacial score (nSPS) is 11.4. The molecule has 0 spiro atoms. The number of ether oxygens (including phenoxy) is 1. The first-order chi connectivity index (χ1) is 9.20. The molecule has 2 aromatic rings. The molecule has 19 heavy (non-hydrogen) atoms. The molecular weight excluding hydrogens is 242 g/mol. The van der Waals surface area contributed by atoms with Crippen LogP contribution in [-0.4, -0.2) is 59.9 Å². The Kier molecular flexibility index (Phi) is 4.70. The molecule has 0 aliphatic heterocycles. The summed E-state index contributed by atoms with van der Waals surface area (Å²) in [6.07, 6.45) is 1.91. The molecule has 0 fully saturated rings. The highest BCUT2D eigenvalue weighted by Crippen LogP contribution is 2.09. The Labute approximate surface area is 113 Å². The van der Waals surface area contributed by atoms with Crippen LogP contribution in [0.5, 0.6) is 0 Å². The number of nitrogens with zero attached hydrogens (tertiary/aromatic N) is 4. The molecule has 1 N–H and O–H groups in total. The average molecular weight is 263 g/mol. The average Bonchev–Trinajstić information content (AvgIpc) is 2.81. The van der Waals surface area contributed by atoms with Crippen LogP contribution in [0.2, 0.25) is 0 Å². The summed E-state index contributed by atoms with van der Waals surface area (Å²) in [5, 5.41) is 7.63. The maximum atomic E-state index is 5.04. The molecule has 0 saturated heterocycles. The summed E-state index contributed by atoms with van der Waals surface area (Å²) < 4.78 is 6.84. The number of nitrogens with one attached hydrogen (secondary N) is 1. The molecule has 2 heterocycles. The van der Waals surface area contributed by atoms with Gasteiger partial charge >= 0.3 is 0 Å². The van der Waals surface area contributed by atoms with E-state index in [2.05, 4.69) is 27.3 Å². The van der Waals surface area contributed by atoms with Gasteiger partial charge in [-0.3, -0.25) is 0 Å². The lowest BCUT2D eigenvalue weighted by Crippen LogP contribution is -2.28. The van der Waals surface area contributed by atoms with Crippen molar-refractivity contribution in [3.8, 4) is 0 Å². The first kappa shape index (κ1) is 13.8. The van der Waals surface area contributed by atoms with Gasteiger partial charge in [-0.05, 0) is 25.6 Å². The molecule has 0 amide bonds. The molecule has 0 saturated carbocycles. The molecule has 0 unspecified atom stereocenters. The summed E-state index contributed by atoms with van der Waals surface area (Å²) in [5.74, 6) is 0.675. The van der Waals surface area contributed by atoms with E-state index in [1.807, 2.05) is 25.3 Å². The molecule has 6 nitrogen and oxygen atoms in total. The largest absolute Gasteiger partial charge is 0.383 e. The summed E-state index contributed by atoms with van der Waals surface area (Å²) in [6, 6.07) is 4.01. The van der Waals surface area contributed by atoms with Gasteiger partial charge in [0.1, 0.15) is 0 Å². The topological polar surface area (TPSA) is 54.7 Å². The van der Waals surface area contributed by atoms with Crippen LogP contribution in [0, 0.1) is 6.92 Å². The van der Waals surface area contributed by atoms with Gasteiger partial charge in [-0.15, -0.1) is 5.10 Å². The van der Waals surface area contributed by atoms with Gasteiger partial charge in [0, 0.05) is 32.9 Å². The Morgan fingerprint density at radius 3 is 3.00 bits per heavy atom. The SMILES string of the molecule is COCCN(C)CCNc1nc2c(C)cccn2n1. The van der Waals surface area contributed by atoms with Crippen LogP contribution in [0.3, 0.4) is 0 Å². The zero-order valence-corrected chi connectivity index (χ0v) is 11.8. The van der Waals surface area contributed by atoms with Gasteiger partial charge in [0.25, 0.3) is 0 Å². The molecule has 6 heteroatoms. The summed E-state index contributed by atoms with van der Waals surface area (Å²) in [4.78, 5) is 6.67. The lowest BCUT2D eigenvalue weighted by atomic mass is 10.3. The first-order valence-electron chi connectivity index (χ1n) is 6.44. The van der Waals surface area contributed by atoms with Crippen LogP contribution in [0.1, 0.15) is 5.56 Å². The van der Waals surface area contributed by atoms with Crippen molar-refractivity contribution >= 4 is 11.6 Å². The van der Waals surface area contributed by atoms with Crippen molar-refractivity contribution in [2.45, 2.75) is 6.92 Å². The Morgan fingerprint density at radius 1 is 1.42 bits per heavy atom. The van der Waals surface area contributed by atoms with Crippen LogP contribution in [0.4, 0.5) is 5.95 Å². The van der Waals surface area contributed by atoms with Crippen LogP contribution in [-0.2, 0) is 4.74 Å². The summed E-state index contributed by atoms with van der Waals surface area (Å²) >= 11 is 0. The lowest BCUT2D eigenvalue weighted by molar-refractivity contribution is 0.163. The summed E-state index contributed by atoms with van der Waals surface area (Å²) in [5.41, 5.74) is 2.03. The molecular formula is C13H21N5O. The van der Waals surface area contributed by atoms with Gasteiger partial charge in [0.2, 0.25) is 5.95 Å². The van der Waals surface area contributed by atoms with E-state index in [4.69, 9.17) is 4.74 Å². The molecule has 0 atom stereocenters. The van der Waals surface area contributed by atoms with Crippen molar-refractivity contribution in [2.75, 3.05) is 45.7 Å². The fourth-order valence-corrected chi connectivity index (χ4v) is 1.83. The minimum absolute atomic E-state index is 0.675. The molecule has 0 aromatic carbocycles. The third-order valence-electron chi connectivity index (χ3n) is 3.01. The smallest absolute Gasteiger partial charge is 0.243 e. The van der Waals surface area contributed by atoms with Gasteiger partial charge in [-0.2, -0.15) is 4.98 Å². The number of aromatic nitrogens is 3. The first-order valence-corrected chi connectivity index (χ1v) is 6.44. The van der Waals surface area contributed by atoms with E-state index in [1.54, 1.807) is 11.6 Å². The maximum absolute atomic E-state index is 5.04. The zero-order chi connectivity index (χ0) is 13.7. The van der Waals surface area contributed by atoms with E-state index in [9.17, 15) is 0 Å². The number of pyridine rings is 1. The molecule has 0 aliphatic carbocycles. The van der Waals surface area contributed by atoms with E-state index in [1.165, 1.54) is 0 Å². The summed E-state index contributed by atoms with van der Waals surface area (Å²) in [7, 11) is 3.79. The highest BCUT2D eigenvalue weighted by atomic mass is 16.5. The third-order valence-corrected chi connectivity index (χ3v) is 3.01. The number of hydrogen-bond acceptors (Lipinski definition) is 5. The third kappa shape index (κ3) is 3.65. The van der Waals surface area contributed by atoms with Crippen molar-refractivity contribution in [2.24, 2.45) is 0 Å². The van der Waals surface area contributed by atoms with Crippen LogP contribution < -0.4 is 5.32 Å². The highest BCUT2D eigenvalue weighted by molar-refractivity contribution is 5.49. The zero-order valence-electron chi connectivity index (χ0n) is 11.8. The second-order valence-electron chi connectivity index (χ2n) is 4.62. The number of likely N-dealkylation sites (N-methyl/N-ethyl adjacent to an activating group) is 1. The molecule has 104 valence electrons. The van der Waals surface area contributed by atoms with E-state index in [-0.39, 0.29) is 0 Å². The summed E-state index contributed by atoms with van der Waals surface area (Å²) in [6.45, 7) is 5.46. The van der Waals surface area contributed by atoms with Crippen molar-refractivity contribution in [1.82, 2.24) is 19.5 Å². The van der Waals surface area contributed by atoms with Crippen LogP contribution in [0.15, 0.2) is 18.3 Å². The predicted octanol–water partition coefficient (Wildman–Crippen LogP) is 1.03. The Hall–Kier alpha value is -1.66. The maximum Gasteiger partial charge on any atom is 0.243 e. The van der Waals surface area contributed by atoms with Gasteiger partial charge in [-0.1, -0.05) is 6.07 Å². The van der Waals surface area contributed by atoms with Crippen LogP contribution >= 0.6 is 0 Å².